The molecule has 0 radical (unpaired) electrons. The summed E-state index contributed by atoms with van der Waals surface area (Å²) >= 11 is 0. The molecule has 2 rings (SSSR count). The van der Waals surface area contributed by atoms with E-state index in [0.717, 1.165) is 22.9 Å². The van der Waals surface area contributed by atoms with E-state index in [-0.39, 0.29) is 47.8 Å². The van der Waals surface area contributed by atoms with Crippen LogP contribution >= 0.6 is 0 Å². The van der Waals surface area contributed by atoms with E-state index in [1.807, 2.05) is 20.8 Å². The molecule has 1 aromatic heterocycles. The molecule has 2 aromatic rings. The van der Waals surface area contributed by atoms with Crippen LogP contribution in [0.2, 0.25) is 0 Å². The highest BCUT2D eigenvalue weighted by molar-refractivity contribution is 5.98. The number of aromatic nitrogens is 1. The second kappa shape index (κ2) is 22.4. The Morgan fingerprint density at radius 1 is 0.887 bits per heavy atom. The average Bonchev–Trinajstić information content (AvgIpc) is 3.04. The van der Waals surface area contributed by atoms with E-state index in [1.54, 1.807) is 27.7 Å². The van der Waals surface area contributed by atoms with E-state index in [4.69, 9.17) is 0 Å². The molecule has 13 nitrogen and oxygen atoms in total. The summed E-state index contributed by atoms with van der Waals surface area (Å²) in [4.78, 5) is 66.4. The normalized spacial score (nSPS) is 13.4. The molecule has 1 heterocycles. The second-order valence-corrected chi connectivity index (χ2v) is 14.7. The zero-order valence-corrected chi connectivity index (χ0v) is 32.8. The van der Waals surface area contributed by atoms with Gasteiger partial charge in [-0.1, -0.05) is 54.9 Å². The van der Waals surface area contributed by atoms with E-state index in [9.17, 15) is 38.0 Å². The monoisotopic (exact) mass is 748 g/mol. The molecule has 296 valence electrons. The Hall–Kier alpha value is -4.66. The smallest absolute Gasteiger partial charge is 0.252 e. The molecular formula is C38H60F2N7O6+. The maximum atomic E-state index is 14.0. The number of halogens is 2. The predicted molar refractivity (Wildman–Crippen MR) is 198 cm³/mol. The van der Waals surface area contributed by atoms with Crippen LogP contribution in [0.15, 0.2) is 42.7 Å². The van der Waals surface area contributed by atoms with E-state index in [2.05, 4.69) is 40.4 Å². The van der Waals surface area contributed by atoms with Gasteiger partial charge in [0.25, 0.3) is 5.91 Å². The molecule has 0 aliphatic rings. The van der Waals surface area contributed by atoms with Crippen LogP contribution in [-0.4, -0.2) is 90.5 Å². The van der Waals surface area contributed by atoms with Crippen molar-refractivity contribution >= 4 is 29.5 Å². The van der Waals surface area contributed by atoms with Gasteiger partial charge >= 0.3 is 0 Å². The van der Waals surface area contributed by atoms with Crippen molar-refractivity contribution in [2.45, 2.75) is 106 Å². The summed E-state index contributed by atoms with van der Waals surface area (Å²) in [5.41, 5.74) is 0.0995. The lowest BCUT2D eigenvalue weighted by Crippen LogP contribution is -2.56. The Morgan fingerprint density at radius 2 is 1.45 bits per heavy atom. The maximum absolute atomic E-state index is 14.0. The van der Waals surface area contributed by atoms with Crippen molar-refractivity contribution in [2.24, 2.45) is 11.3 Å². The van der Waals surface area contributed by atoms with E-state index < -0.39 is 66.0 Å². The molecule has 0 aliphatic heterocycles. The summed E-state index contributed by atoms with van der Waals surface area (Å²) in [6.07, 6.45) is 4.04. The molecule has 6 N–H and O–H groups in total. The summed E-state index contributed by atoms with van der Waals surface area (Å²) in [6, 6.07) is 2.45. The van der Waals surface area contributed by atoms with Gasteiger partial charge in [-0.3, -0.25) is 29.2 Å². The fourth-order valence-corrected chi connectivity index (χ4v) is 5.15. The molecule has 0 saturated heterocycles. The first-order chi connectivity index (χ1) is 24.7. The molecule has 15 heteroatoms. The van der Waals surface area contributed by atoms with Gasteiger partial charge in [0.2, 0.25) is 36.0 Å². The van der Waals surface area contributed by atoms with Crippen LogP contribution in [0.3, 0.4) is 0 Å². The Kier molecular flexibility index (Phi) is 19.6. The van der Waals surface area contributed by atoms with Crippen molar-refractivity contribution in [1.29, 1.82) is 0 Å². The number of carbonyl (C=O) groups excluding carboxylic acids is 5. The molecule has 1 aromatic carbocycles. The Balaban J connectivity index is 0.00000452. The molecule has 0 fully saturated rings. The summed E-state index contributed by atoms with van der Waals surface area (Å²) in [5, 5.41) is 23.4. The van der Waals surface area contributed by atoms with Gasteiger partial charge in [0.05, 0.1) is 18.2 Å². The highest BCUT2D eigenvalue weighted by atomic mass is 19.1. The third-order valence-corrected chi connectivity index (χ3v) is 7.68. The zero-order valence-electron chi connectivity index (χ0n) is 32.8. The standard InChI is InChI=1S/C35H51F2N7O6.C3H8/c1-9-38-33(48)30(21(2)3)42-31(46)22(4)39-19-27(16-23-14-25(36)17-26(37)15-23)40-29(45)20-43(8)34(49)28(18-35(5,6)7)41-32(47)24-10-12-44(50)13-11-24;1-3-2/h10-15,17,21-22,27-28,30,39H,9,16,18-20H2,1-8H3,(H4-,38,40,41,42,45,46,47,48,50);3H2,1-2H3/p+1/t22-,27?,28?,30?;/m0./s1. The first kappa shape index (κ1) is 46.4. The number of rotatable bonds is 17. The lowest BCUT2D eigenvalue weighted by atomic mass is 9.87. The van der Waals surface area contributed by atoms with Gasteiger partial charge in [0.1, 0.15) is 23.7 Å². The number of nitrogens with one attached hydrogen (secondary N) is 5. The third-order valence-electron chi connectivity index (χ3n) is 7.68. The van der Waals surface area contributed by atoms with Crippen LogP contribution in [0.1, 0.15) is 91.1 Å². The largest absolute Gasteiger partial charge is 0.355 e. The van der Waals surface area contributed by atoms with Crippen LogP contribution in [0.25, 0.3) is 0 Å². The van der Waals surface area contributed by atoms with Crippen molar-refractivity contribution in [3.05, 3.63) is 65.5 Å². The van der Waals surface area contributed by atoms with Crippen LogP contribution in [0.5, 0.6) is 0 Å². The summed E-state index contributed by atoms with van der Waals surface area (Å²) in [5.74, 6) is -4.19. The summed E-state index contributed by atoms with van der Waals surface area (Å²) in [6.45, 7) is 16.9. The number of pyridine rings is 1. The van der Waals surface area contributed by atoms with Crippen LogP contribution in [0.4, 0.5) is 8.78 Å². The Bertz CT molecular complexity index is 1480. The lowest BCUT2D eigenvalue weighted by molar-refractivity contribution is -0.904. The molecular weight excluding hydrogens is 688 g/mol. The van der Waals surface area contributed by atoms with Gasteiger partial charge in [-0.25, -0.2) is 8.78 Å². The molecule has 0 bridgehead atoms. The van der Waals surface area contributed by atoms with Gasteiger partial charge < -0.3 is 31.5 Å². The number of amides is 5. The Morgan fingerprint density at radius 3 is 1.96 bits per heavy atom. The molecule has 53 heavy (non-hydrogen) atoms. The van der Waals surface area contributed by atoms with Gasteiger partial charge in [0, 0.05) is 49.1 Å². The average molecular weight is 749 g/mol. The minimum absolute atomic E-state index is 0.00273. The highest BCUT2D eigenvalue weighted by Crippen LogP contribution is 2.22. The molecule has 0 spiro atoms. The molecule has 0 aliphatic carbocycles. The first-order valence-corrected chi connectivity index (χ1v) is 18.0. The molecule has 5 amide bonds. The van der Waals surface area contributed by atoms with Crippen LogP contribution in [-0.2, 0) is 25.6 Å². The van der Waals surface area contributed by atoms with Crippen molar-refractivity contribution in [1.82, 2.24) is 31.5 Å². The van der Waals surface area contributed by atoms with Gasteiger partial charge in [0.15, 0.2) is 0 Å². The van der Waals surface area contributed by atoms with Gasteiger partial charge in [-0.2, -0.15) is 0 Å². The van der Waals surface area contributed by atoms with E-state index >= 15 is 0 Å². The number of nitrogens with zero attached hydrogens (tertiary/aromatic N) is 2. The Labute approximate surface area is 312 Å². The summed E-state index contributed by atoms with van der Waals surface area (Å²) in [7, 11) is 1.42. The number of hydrogen-bond donors (Lipinski definition) is 6. The predicted octanol–water partition coefficient (Wildman–Crippen LogP) is 2.88. The lowest BCUT2D eigenvalue weighted by Gasteiger charge is -2.30. The number of carbonyl (C=O) groups is 5. The fourth-order valence-electron chi connectivity index (χ4n) is 5.15. The third kappa shape index (κ3) is 17.6. The number of benzene rings is 1. The van der Waals surface area contributed by atoms with Gasteiger partial charge in [-0.05, 0) is 55.7 Å². The van der Waals surface area contributed by atoms with Gasteiger partial charge in [-0.15, -0.1) is 0 Å². The number of hydrogen-bond acceptors (Lipinski definition) is 7. The minimum Gasteiger partial charge on any atom is -0.355 e. The molecule has 0 saturated carbocycles. The maximum Gasteiger partial charge on any atom is 0.252 e. The van der Waals surface area contributed by atoms with Crippen molar-refractivity contribution in [3.8, 4) is 0 Å². The zero-order chi connectivity index (χ0) is 40.5. The molecule has 3 unspecified atom stereocenters. The van der Waals surface area contributed by atoms with Crippen LogP contribution < -0.4 is 31.3 Å². The number of likely N-dealkylation sites (N-methyl/N-ethyl adjacent to an activating group) is 2. The fraction of sp³-hybridized carbons (Fsp3) is 0.579. The van der Waals surface area contributed by atoms with Crippen LogP contribution in [0, 0.1) is 23.0 Å². The SMILES string of the molecule is CCC.CCNC(=O)C(NC(=O)[C@H](C)NCC(Cc1cc(F)cc(F)c1)NC(=O)CN(C)C(=O)C(CC(C)(C)C)NC(=O)c1cc[n+](O)cc1)C(C)C. The minimum atomic E-state index is -0.983. The van der Waals surface area contributed by atoms with E-state index in [0.29, 0.717) is 6.54 Å². The van der Waals surface area contributed by atoms with Crippen molar-refractivity contribution in [3.63, 3.8) is 0 Å². The molecule has 4 atom stereocenters. The first-order valence-electron chi connectivity index (χ1n) is 18.0. The van der Waals surface area contributed by atoms with E-state index in [1.165, 1.54) is 42.9 Å². The quantitative estimate of drug-likeness (QED) is 0.107. The topological polar surface area (TPSA) is 173 Å². The highest BCUT2D eigenvalue weighted by Gasteiger charge is 2.31. The summed E-state index contributed by atoms with van der Waals surface area (Å²) < 4.78 is 28.8. The van der Waals surface area contributed by atoms with Crippen molar-refractivity contribution in [2.75, 3.05) is 26.7 Å². The van der Waals surface area contributed by atoms with Crippen molar-refractivity contribution < 1.29 is 42.7 Å². The second-order valence-electron chi connectivity index (χ2n) is 14.7.